The number of thiazole rings is 1. The van der Waals surface area contributed by atoms with E-state index in [0.717, 1.165) is 23.7 Å². The van der Waals surface area contributed by atoms with Crippen LogP contribution in [0.4, 0.5) is 0 Å². The van der Waals surface area contributed by atoms with Gasteiger partial charge in [-0.15, -0.1) is 35.3 Å². The highest BCUT2D eigenvalue weighted by Crippen LogP contribution is 2.31. The summed E-state index contributed by atoms with van der Waals surface area (Å²) < 4.78 is 5.54. The highest BCUT2D eigenvalue weighted by Gasteiger charge is 2.10. The summed E-state index contributed by atoms with van der Waals surface area (Å²) in [7, 11) is 0. The van der Waals surface area contributed by atoms with E-state index in [4.69, 9.17) is 27.9 Å². The monoisotopic (exact) mass is 572 g/mol. The average molecular weight is 573 g/mol. The molecule has 1 aromatic heterocycles. The van der Waals surface area contributed by atoms with Gasteiger partial charge >= 0.3 is 0 Å². The zero-order valence-corrected chi connectivity index (χ0v) is 21.3. The molecule has 0 aliphatic heterocycles. The van der Waals surface area contributed by atoms with Crippen LogP contribution in [0.3, 0.4) is 0 Å². The Kier molecular flexibility index (Phi) is 12.2. The first kappa shape index (κ1) is 26.2. The number of hydrogen-bond acceptors (Lipinski definition) is 5. The van der Waals surface area contributed by atoms with Crippen LogP contribution in [-0.2, 0) is 6.42 Å². The van der Waals surface area contributed by atoms with Crippen molar-refractivity contribution in [2.24, 2.45) is 4.99 Å². The van der Waals surface area contributed by atoms with Crippen molar-refractivity contribution in [3.63, 3.8) is 0 Å². The maximum Gasteiger partial charge on any atom is 0.191 e. The number of benzene rings is 1. The Morgan fingerprint density at radius 1 is 1.31 bits per heavy atom. The van der Waals surface area contributed by atoms with Crippen LogP contribution in [0.5, 0.6) is 5.75 Å². The van der Waals surface area contributed by atoms with Crippen LogP contribution >= 0.6 is 58.5 Å². The van der Waals surface area contributed by atoms with Crippen LogP contribution in [0, 0.1) is 13.8 Å². The summed E-state index contributed by atoms with van der Waals surface area (Å²) in [4.78, 5) is 10.2. The molecular formula is C19H27Cl2IN4O2S. The minimum absolute atomic E-state index is 0. The average Bonchev–Trinajstić information content (AvgIpc) is 2.98. The molecular weight excluding hydrogens is 546 g/mol. The zero-order valence-electron chi connectivity index (χ0n) is 16.7. The van der Waals surface area contributed by atoms with Gasteiger partial charge in [0.15, 0.2) is 5.96 Å². The van der Waals surface area contributed by atoms with Crippen LogP contribution in [0.2, 0.25) is 10.0 Å². The van der Waals surface area contributed by atoms with E-state index in [1.54, 1.807) is 29.5 Å². The summed E-state index contributed by atoms with van der Waals surface area (Å²) in [5.74, 6) is 1.09. The minimum atomic E-state index is -0.769. The Balaban J connectivity index is 0.00000420. The molecule has 1 aromatic carbocycles. The maximum absolute atomic E-state index is 10.2. The number of nitrogens with zero attached hydrogens (tertiary/aromatic N) is 2. The molecule has 0 saturated heterocycles. The number of nitrogens with one attached hydrogen (secondary N) is 2. The van der Waals surface area contributed by atoms with Gasteiger partial charge in [0.05, 0.1) is 22.3 Å². The lowest BCUT2D eigenvalue weighted by molar-refractivity contribution is 0.114. The number of halogens is 3. The van der Waals surface area contributed by atoms with Gasteiger partial charge in [-0.3, -0.25) is 4.99 Å². The molecule has 6 nitrogen and oxygen atoms in total. The van der Waals surface area contributed by atoms with E-state index in [9.17, 15) is 5.11 Å². The van der Waals surface area contributed by atoms with Gasteiger partial charge in [0, 0.05) is 24.4 Å². The number of aliphatic hydroxyl groups excluding tert-OH is 1. The predicted octanol–water partition coefficient (Wildman–Crippen LogP) is 4.22. The van der Waals surface area contributed by atoms with Gasteiger partial charge in [-0.2, -0.15) is 0 Å². The summed E-state index contributed by atoms with van der Waals surface area (Å²) in [5, 5.41) is 18.4. The molecule has 1 heterocycles. The van der Waals surface area contributed by atoms with E-state index in [-0.39, 0.29) is 37.1 Å². The SMILES string of the molecule is CCNC(=NCC(O)COc1cccc(Cl)c1Cl)NCCc1nc(C)c(C)s1.I. The molecule has 0 amide bonds. The molecule has 3 N–H and O–H groups in total. The number of hydrogen-bond donors (Lipinski definition) is 3. The number of aryl methyl sites for hydroxylation is 2. The fraction of sp³-hybridized carbons (Fsp3) is 0.474. The normalized spacial score (nSPS) is 12.3. The van der Waals surface area contributed by atoms with Crippen LogP contribution in [0.25, 0.3) is 0 Å². The van der Waals surface area contributed by atoms with Crippen molar-refractivity contribution in [2.45, 2.75) is 33.3 Å². The molecule has 1 unspecified atom stereocenters. The Morgan fingerprint density at radius 3 is 2.72 bits per heavy atom. The second kappa shape index (κ2) is 13.5. The molecule has 0 aliphatic rings. The van der Waals surface area contributed by atoms with E-state index >= 15 is 0 Å². The van der Waals surface area contributed by atoms with Crippen molar-refractivity contribution in [3.05, 3.63) is 43.8 Å². The Morgan fingerprint density at radius 2 is 2.07 bits per heavy atom. The third-order valence-corrected chi connectivity index (χ3v) is 5.79. The van der Waals surface area contributed by atoms with Crippen molar-refractivity contribution in [3.8, 4) is 5.75 Å². The lowest BCUT2D eigenvalue weighted by Gasteiger charge is -2.14. The van der Waals surface area contributed by atoms with Crippen LogP contribution in [0.1, 0.15) is 22.5 Å². The van der Waals surface area contributed by atoms with E-state index < -0.39 is 6.10 Å². The summed E-state index contributed by atoms with van der Waals surface area (Å²) in [6.45, 7) is 7.80. The van der Waals surface area contributed by atoms with Gasteiger partial charge in [-0.1, -0.05) is 29.3 Å². The van der Waals surface area contributed by atoms with Crippen molar-refractivity contribution in [2.75, 3.05) is 26.2 Å². The second-order valence-corrected chi connectivity index (χ2v) is 8.24. The molecule has 0 aliphatic carbocycles. The van der Waals surface area contributed by atoms with Gasteiger partial charge in [0.25, 0.3) is 0 Å². The number of aromatic nitrogens is 1. The van der Waals surface area contributed by atoms with Crippen molar-refractivity contribution in [1.82, 2.24) is 15.6 Å². The maximum atomic E-state index is 10.2. The van der Waals surface area contributed by atoms with Gasteiger partial charge in [-0.25, -0.2) is 4.98 Å². The molecule has 0 saturated carbocycles. The van der Waals surface area contributed by atoms with E-state index in [0.29, 0.717) is 28.3 Å². The smallest absolute Gasteiger partial charge is 0.191 e. The van der Waals surface area contributed by atoms with Crippen LogP contribution in [0.15, 0.2) is 23.2 Å². The van der Waals surface area contributed by atoms with Gasteiger partial charge in [0.1, 0.15) is 23.5 Å². The van der Waals surface area contributed by atoms with Gasteiger partial charge in [0.2, 0.25) is 0 Å². The summed E-state index contributed by atoms with van der Waals surface area (Å²) >= 11 is 13.7. The fourth-order valence-electron chi connectivity index (χ4n) is 2.31. The molecule has 29 heavy (non-hydrogen) atoms. The first-order chi connectivity index (χ1) is 13.4. The van der Waals surface area contributed by atoms with E-state index in [1.807, 2.05) is 13.8 Å². The molecule has 2 rings (SSSR count). The number of guanidine groups is 1. The predicted molar refractivity (Wildman–Crippen MR) is 133 cm³/mol. The van der Waals surface area contributed by atoms with Crippen LogP contribution < -0.4 is 15.4 Å². The van der Waals surface area contributed by atoms with Crippen LogP contribution in [-0.4, -0.2) is 48.4 Å². The molecule has 2 aromatic rings. The van der Waals surface area contributed by atoms with Gasteiger partial charge in [-0.05, 0) is 32.9 Å². The van der Waals surface area contributed by atoms with Gasteiger partial charge < -0.3 is 20.5 Å². The molecule has 0 spiro atoms. The topological polar surface area (TPSA) is 78.8 Å². The fourth-order valence-corrected chi connectivity index (χ4v) is 3.59. The number of ether oxygens (including phenoxy) is 1. The molecule has 0 fully saturated rings. The number of aliphatic imine (C=N–C) groups is 1. The zero-order chi connectivity index (χ0) is 20.5. The molecule has 1 atom stereocenters. The third-order valence-electron chi connectivity index (χ3n) is 3.86. The Hall–Kier alpha value is -0.810. The first-order valence-electron chi connectivity index (χ1n) is 9.10. The lowest BCUT2D eigenvalue weighted by Crippen LogP contribution is -2.39. The van der Waals surface area contributed by atoms with E-state index in [1.165, 1.54) is 4.88 Å². The van der Waals surface area contributed by atoms with E-state index in [2.05, 4.69) is 27.5 Å². The Labute approximate surface area is 203 Å². The minimum Gasteiger partial charge on any atom is -0.489 e. The quantitative estimate of drug-likeness (QED) is 0.238. The molecule has 0 radical (unpaired) electrons. The highest BCUT2D eigenvalue weighted by molar-refractivity contribution is 14.0. The number of aliphatic hydroxyl groups is 1. The third kappa shape index (κ3) is 8.84. The first-order valence-corrected chi connectivity index (χ1v) is 10.7. The highest BCUT2D eigenvalue weighted by atomic mass is 127. The van der Waals surface area contributed by atoms with Crippen molar-refractivity contribution < 1.29 is 9.84 Å². The summed E-state index contributed by atoms with van der Waals surface area (Å²) in [5.41, 5.74) is 1.09. The summed E-state index contributed by atoms with van der Waals surface area (Å²) in [6, 6.07) is 5.13. The lowest BCUT2D eigenvalue weighted by atomic mass is 10.3. The largest absolute Gasteiger partial charge is 0.489 e. The number of rotatable bonds is 9. The molecule has 162 valence electrons. The second-order valence-electron chi connectivity index (χ2n) is 6.16. The molecule has 10 heteroatoms. The molecule has 0 bridgehead atoms. The summed E-state index contributed by atoms with van der Waals surface area (Å²) in [6.07, 6.45) is 0.0534. The van der Waals surface area contributed by atoms with Crippen molar-refractivity contribution >= 4 is 64.5 Å². The Bertz CT molecular complexity index is 785. The standard InChI is InChI=1S/C19H26Cl2N4O2S.HI/c1-4-22-19(23-9-8-17-25-12(2)13(3)28-17)24-10-14(26)11-27-16-7-5-6-15(20)18(16)21;/h5-7,14,26H,4,8-11H2,1-3H3,(H2,22,23,24);1H. The van der Waals surface area contributed by atoms with Crippen molar-refractivity contribution in [1.29, 1.82) is 0 Å².